The van der Waals surface area contributed by atoms with Gasteiger partial charge in [-0.2, -0.15) is 6.07 Å². The average Bonchev–Trinajstić information content (AvgIpc) is 1.34. The molecule has 0 spiro atoms. The molecule has 0 radical (unpaired) electrons. The summed E-state index contributed by atoms with van der Waals surface area (Å²) in [5.74, 6) is 1.95. The predicted molar refractivity (Wildman–Crippen MR) is 417 cm³/mol. The van der Waals surface area contributed by atoms with E-state index in [1.165, 1.54) is 55.8 Å². The number of para-hydroxylation sites is 4. The molecule has 1 aliphatic rings. The second-order valence-electron chi connectivity index (χ2n) is 28.4. The third-order valence-electron chi connectivity index (χ3n) is 20.5. The van der Waals surface area contributed by atoms with Crippen LogP contribution in [0.5, 0.6) is 11.5 Å². The molecular weight excluding hydrogens is 1460 g/mol. The topological polar surface area (TPSA) is 40.1 Å². The van der Waals surface area contributed by atoms with Gasteiger partial charge in [-0.15, -0.1) is 17.5 Å². The first-order valence-corrected chi connectivity index (χ1v) is 38.4. The number of anilines is 2. The second-order valence-corrected chi connectivity index (χ2v) is 36.4. The molecule has 13 aromatic carbocycles. The summed E-state index contributed by atoms with van der Waals surface area (Å²) in [5.41, 5.74) is 13.8. The summed E-state index contributed by atoms with van der Waals surface area (Å²) in [6.45, 7) is 16.1. The summed E-state index contributed by atoms with van der Waals surface area (Å²) in [6, 6.07) is 120. The molecule has 0 atom stereocenters. The summed E-state index contributed by atoms with van der Waals surface area (Å²) < 4.78 is 19.7. The number of nitrogens with zero attached hydrogens (tertiary/aromatic N) is 5. The Morgan fingerprint density at radius 1 is 0.380 bits per heavy atom. The van der Waals surface area contributed by atoms with Crippen molar-refractivity contribution in [2.45, 2.75) is 52.4 Å². The van der Waals surface area contributed by atoms with Crippen molar-refractivity contribution in [3.05, 3.63) is 339 Å². The minimum absolute atomic E-state index is 0. The molecule has 0 bridgehead atoms. The normalized spacial score (nSPS) is 12.5. The summed E-state index contributed by atoms with van der Waals surface area (Å²) >= 11 is -3.84. The maximum absolute atomic E-state index is 7.06. The summed E-state index contributed by atoms with van der Waals surface area (Å²) in [6.07, 6.45) is 1.93. The third-order valence-corrected chi connectivity index (χ3v) is 30.4. The Kier molecular flexibility index (Phi) is 15.4. The Bertz CT molecular complexity index is 6010. The van der Waals surface area contributed by atoms with Gasteiger partial charge in [0.1, 0.15) is 5.82 Å². The van der Waals surface area contributed by atoms with E-state index in [0.29, 0.717) is 11.5 Å². The van der Waals surface area contributed by atoms with Crippen LogP contribution in [0.3, 0.4) is 0 Å². The van der Waals surface area contributed by atoms with Crippen molar-refractivity contribution < 1.29 is 25.8 Å². The van der Waals surface area contributed by atoms with Crippen molar-refractivity contribution in [1.29, 1.82) is 0 Å². The standard InChI is InChI=1S/C92H70GeN5O.Pt/c1-91(2,3)62-51-52-94-88(56-62)98-85-50-47-69(97-83-44-22-20-39-77(83)78-40-21-23-45-84(78)97)58-82(85)79-49-48-71(59-87(79)98)99-70-34-24-33-68(57-70)95-60-96-89-72(41-25-42-80(89)75-37-18-16-35-73(75)74-36-17-19-38-76(74)81-43-26-46-86(95)90(81)96)61-53-63(92(4,5)6)55-67(54-61)93(64-27-10-7-11-28-64,65-29-12-8-13-30-65)66-31-14-9-15-32-66;/h7-56,58,60H,1-6H3;/q-3;. The number of hydrogen-bond donors (Lipinski definition) is 0. The number of aromatic nitrogens is 4. The van der Waals surface area contributed by atoms with Gasteiger partial charge in [0.25, 0.3) is 0 Å². The van der Waals surface area contributed by atoms with E-state index in [1.54, 1.807) is 0 Å². The monoisotopic (exact) mass is 1530 g/mol. The average molecular weight is 1530 g/mol. The first-order valence-electron chi connectivity index (χ1n) is 34.2. The van der Waals surface area contributed by atoms with E-state index in [9.17, 15) is 0 Å². The molecular formula is C92H70GeN5OPt-3. The Balaban J connectivity index is 0.00000748. The van der Waals surface area contributed by atoms with E-state index in [4.69, 9.17) is 9.72 Å². The van der Waals surface area contributed by atoms with Gasteiger partial charge in [-0.25, -0.2) is 4.98 Å². The molecule has 17 aromatic rings. The van der Waals surface area contributed by atoms with Crippen molar-refractivity contribution >= 4 is 129 Å². The number of fused-ring (bicyclic) bond motifs is 13. The summed E-state index contributed by atoms with van der Waals surface area (Å²) in [5, 5.41) is 11.5. The molecule has 0 saturated carbocycles. The third kappa shape index (κ3) is 10.2. The smallest absolute Gasteiger partial charge is 0 e. The van der Waals surface area contributed by atoms with Crippen molar-refractivity contribution in [2.24, 2.45) is 0 Å². The van der Waals surface area contributed by atoms with E-state index in [0.717, 1.165) is 93.9 Å². The van der Waals surface area contributed by atoms with Crippen LogP contribution >= 0.6 is 0 Å². The zero-order valence-corrected chi connectivity index (χ0v) is 60.9. The zero-order chi connectivity index (χ0) is 66.7. The number of ether oxygens (including phenoxy) is 1. The number of rotatable bonds is 10. The van der Waals surface area contributed by atoms with Gasteiger partial charge in [0.05, 0.1) is 11.0 Å². The van der Waals surface area contributed by atoms with Crippen LogP contribution in [0.2, 0.25) is 0 Å². The molecule has 4 aromatic heterocycles. The molecule has 486 valence electrons. The van der Waals surface area contributed by atoms with Crippen molar-refractivity contribution in [2.75, 3.05) is 4.90 Å². The van der Waals surface area contributed by atoms with Gasteiger partial charge in [0.15, 0.2) is 0 Å². The van der Waals surface area contributed by atoms with Crippen LogP contribution in [-0.2, 0) is 31.9 Å². The molecule has 0 N–H and O–H groups in total. The molecule has 1 aliphatic heterocycles. The van der Waals surface area contributed by atoms with Crippen LogP contribution in [0.15, 0.2) is 310 Å². The fourth-order valence-corrected chi connectivity index (χ4v) is 25.9. The van der Waals surface area contributed by atoms with E-state index < -0.39 is 13.3 Å². The zero-order valence-electron chi connectivity index (χ0n) is 56.5. The summed E-state index contributed by atoms with van der Waals surface area (Å²) in [7, 11) is 0. The molecule has 0 fully saturated rings. The van der Waals surface area contributed by atoms with E-state index in [-0.39, 0.29) is 31.9 Å². The Morgan fingerprint density at radius 3 is 1.51 bits per heavy atom. The Morgan fingerprint density at radius 2 is 0.900 bits per heavy atom. The first-order chi connectivity index (χ1) is 48.4. The molecule has 0 aliphatic carbocycles. The van der Waals surface area contributed by atoms with E-state index in [1.807, 2.05) is 18.3 Å². The van der Waals surface area contributed by atoms with Gasteiger partial charge < -0.3 is 9.13 Å². The SMILES string of the molecule is CC(C)(C)c1cc(-c2cccc3c4ccccc4c4ccccc4c4cccc5c4n(c23)[CH-]N5c2[c-]c(Oc3[c-]c4c(cc3)c3cc(-n5c6ccccc6c6ccccc65)ccc3n4-c3cc(C(C)(C)C)ccn3)ccc2)c[c]([Ge]([c]2ccccc2)([c]2ccccc2)[c]2ccccc2)c1.[Pt]. The van der Waals surface area contributed by atoms with Crippen LogP contribution in [0.4, 0.5) is 11.4 Å². The van der Waals surface area contributed by atoms with Crippen LogP contribution in [0.25, 0.3) is 110 Å². The predicted octanol–water partition coefficient (Wildman–Crippen LogP) is 21.0. The van der Waals surface area contributed by atoms with Crippen molar-refractivity contribution in [1.82, 2.24) is 18.7 Å². The summed E-state index contributed by atoms with van der Waals surface area (Å²) in [4.78, 5) is 7.38. The van der Waals surface area contributed by atoms with Crippen molar-refractivity contribution in [3.8, 4) is 34.1 Å². The Hall–Kier alpha value is -10.9. The maximum atomic E-state index is 7.06. The molecule has 0 saturated heterocycles. The van der Waals surface area contributed by atoms with Gasteiger partial charge >= 0.3 is 373 Å². The number of hydrogen-bond acceptors (Lipinski definition) is 3. The molecule has 100 heavy (non-hydrogen) atoms. The largest absolute Gasteiger partial charge is 0 e. The van der Waals surface area contributed by atoms with Gasteiger partial charge in [0, 0.05) is 55.0 Å². The fourth-order valence-electron chi connectivity index (χ4n) is 15.8. The van der Waals surface area contributed by atoms with Crippen LogP contribution in [-0.4, -0.2) is 32.0 Å². The molecule has 5 heterocycles. The number of pyridine rings is 1. The van der Waals surface area contributed by atoms with Gasteiger partial charge in [-0.1, -0.05) is 62.7 Å². The van der Waals surface area contributed by atoms with Crippen LogP contribution in [0, 0.1) is 18.8 Å². The molecule has 8 heteroatoms. The minimum atomic E-state index is -3.84. The van der Waals surface area contributed by atoms with Crippen LogP contribution < -0.4 is 27.2 Å². The fraction of sp³-hybridized carbons (Fsp3) is 0.0870. The minimum Gasteiger partial charge on any atom is 0 e. The van der Waals surface area contributed by atoms with Gasteiger partial charge in [-0.05, 0) is 58.8 Å². The van der Waals surface area contributed by atoms with E-state index >= 15 is 0 Å². The quantitative estimate of drug-likeness (QED) is 0.101. The van der Waals surface area contributed by atoms with Gasteiger partial charge in [-0.3, -0.25) is 0 Å². The van der Waals surface area contributed by atoms with Crippen molar-refractivity contribution in [3.63, 3.8) is 0 Å². The Labute approximate surface area is 600 Å². The number of benzene rings is 13. The molecule has 0 amide bonds. The second kappa shape index (κ2) is 24.5. The first kappa shape index (κ1) is 62.6. The molecule has 18 rings (SSSR count). The van der Waals surface area contributed by atoms with E-state index in [2.05, 4.69) is 370 Å². The van der Waals surface area contributed by atoms with Gasteiger partial charge in [0.2, 0.25) is 0 Å². The maximum Gasteiger partial charge on any atom is 0 e. The van der Waals surface area contributed by atoms with Crippen LogP contribution in [0.1, 0.15) is 52.7 Å². The molecule has 6 nitrogen and oxygen atoms in total. The molecule has 0 unspecified atom stereocenters.